The van der Waals surface area contributed by atoms with Crippen LogP contribution in [-0.2, 0) is 9.53 Å². The Morgan fingerprint density at radius 2 is 1.76 bits per heavy atom. The smallest absolute Gasteiger partial charge is 0.254 e. The van der Waals surface area contributed by atoms with Gasteiger partial charge in [0.2, 0.25) is 5.91 Å². The number of hydrogen-bond acceptors (Lipinski definition) is 3. The first-order valence-corrected chi connectivity index (χ1v) is 10.4. The third kappa shape index (κ3) is 3.55. The molecule has 4 rings (SSSR count). The molecule has 0 aromatic heterocycles. The van der Waals surface area contributed by atoms with Gasteiger partial charge in [0.05, 0.1) is 18.1 Å². The Hall–Kier alpha value is -2.66. The maximum atomic E-state index is 13.6. The summed E-state index contributed by atoms with van der Waals surface area (Å²) in [6.45, 7) is 0.960. The molecule has 5 heteroatoms. The standard InChI is InChI=1S/C24H28N2O3/c1-29-17-16-26-23(28)20-13-7-6-12-19(20)21(24(26)14-8-3-9-15-24)22(27)25-18-10-4-2-5-11-18/h2,4-7,10-13,21H,3,8-9,14-17H2,1H3,(H,25,27)/t21-/m1/s1. The molecule has 1 aliphatic carbocycles. The van der Waals surface area contributed by atoms with Crippen LogP contribution in [0.15, 0.2) is 54.6 Å². The third-order valence-electron chi connectivity index (χ3n) is 6.36. The second-order valence-electron chi connectivity index (χ2n) is 7.99. The van der Waals surface area contributed by atoms with E-state index in [9.17, 15) is 9.59 Å². The van der Waals surface area contributed by atoms with Crippen LogP contribution in [0.25, 0.3) is 0 Å². The number of amides is 2. The van der Waals surface area contributed by atoms with Crippen LogP contribution < -0.4 is 5.32 Å². The number of carbonyl (C=O) groups excluding carboxylic acids is 2. The topological polar surface area (TPSA) is 58.6 Å². The SMILES string of the molecule is COCCN1C(=O)c2ccccc2[C@H](C(=O)Nc2ccccc2)C12CCCCC2. The van der Waals surface area contributed by atoms with Crippen LogP contribution in [0.4, 0.5) is 5.69 Å². The maximum Gasteiger partial charge on any atom is 0.254 e. The highest BCUT2D eigenvalue weighted by atomic mass is 16.5. The van der Waals surface area contributed by atoms with Crippen molar-refractivity contribution in [3.8, 4) is 0 Å². The van der Waals surface area contributed by atoms with Crippen LogP contribution in [-0.4, -0.2) is 42.5 Å². The molecule has 1 N–H and O–H groups in total. The summed E-state index contributed by atoms with van der Waals surface area (Å²) >= 11 is 0. The average Bonchev–Trinajstić information content (AvgIpc) is 2.75. The van der Waals surface area contributed by atoms with Crippen LogP contribution >= 0.6 is 0 Å². The molecule has 0 bridgehead atoms. The van der Waals surface area contributed by atoms with Crippen molar-refractivity contribution in [3.63, 3.8) is 0 Å². The van der Waals surface area contributed by atoms with E-state index in [1.807, 2.05) is 59.5 Å². The Morgan fingerprint density at radius 1 is 1.07 bits per heavy atom. The number of nitrogens with one attached hydrogen (secondary N) is 1. The summed E-state index contributed by atoms with van der Waals surface area (Å²) in [6, 6.07) is 17.1. The van der Waals surface area contributed by atoms with Crippen molar-refractivity contribution >= 4 is 17.5 Å². The van der Waals surface area contributed by atoms with Crippen molar-refractivity contribution in [2.45, 2.75) is 43.6 Å². The van der Waals surface area contributed by atoms with Gasteiger partial charge in [-0.1, -0.05) is 55.7 Å². The molecule has 152 valence electrons. The van der Waals surface area contributed by atoms with E-state index in [1.54, 1.807) is 7.11 Å². The van der Waals surface area contributed by atoms with E-state index in [1.165, 1.54) is 0 Å². The number of para-hydroxylation sites is 1. The zero-order valence-corrected chi connectivity index (χ0v) is 16.9. The Bertz CT molecular complexity index is 875. The van der Waals surface area contributed by atoms with Gasteiger partial charge in [0.15, 0.2) is 0 Å². The van der Waals surface area contributed by atoms with E-state index in [0.29, 0.717) is 18.7 Å². The number of anilines is 1. The van der Waals surface area contributed by atoms with Crippen molar-refractivity contribution < 1.29 is 14.3 Å². The quantitative estimate of drug-likeness (QED) is 0.829. The molecule has 29 heavy (non-hydrogen) atoms. The number of methoxy groups -OCH3 is 1. The molecule has 1 atom stereocenters. The summed E-state index contributed by atoms with van der Waals surface area (Å²) in [5.41, 5.74) is 1.76. The largest absolute Gasteiger partial charge is 0.383 e. The minimum absolute atomic E-state index is 0.0170. The van der Waals surface area contributed by atoms with Gasteiger partial charge in [0.1, 0.15) is 0 Å². The first-order chi connectivity index (χ1) is 14.2. The summed E-state index contributed by atoms with van der Waals surface area (Å²) in [5, 5.41) is 3.11. The molecular formula is C24H28N2O3. The fraction of sp³-hybridized carbons (Fsp3) is 0.417. The molecule has 2 amide bonds. The molecule has 1 heterocycles. The first-order valence-electron chi connectivity index (χ1n) is 10.4. The molecule has 1 aliphatic heterocycles. The summed E-state index contributed by atoms with van der Waals surface area (Å²) in [7, 11) is 1.65. The van der Waals surface area contributed by atoms with Gasteiger partial charge in [-0.25, -0.2) is 0 Å². The second-order valence-corrected chi connectivity index (χ2v) is 7.99. The van der Waals surface area contributed by atoms with Gasteiger partial charge in [0, 0.05) is 24.9 Å². The monoisotopic (exact) mass is 392 g/mol. The van der Waals surface area contributed by atoms with Gasteiger partial charge < -0.3 is 15.0 Å². The summed E-state index contributed by atoms with van der Waals surface area (Å²) in [6.07, 6.45) is 4.86. The fourth-order valence-electron chi connectivity index (χ4n) is 5.09. The number of rotatable bonds is 5. The highest BCUT2D eigenvalue weighted by Crippen LogP contribution is 2.49. The summed E-state index contributed by atoms with van der Waals surface area (Å²) < 4.78 is 5.31. The van der Waals surface area contributed by atoms with Crippen LogP contribution in [0.1, 0.15) is 53.9 Å². The van der Waals surface area contributed by atoms with Crippen LogP contribution in [0.3, 0.4) is 0 Å². The van der Waals surface area contributed by atoms with Crippen LogP contribution in [0, 0.1) is 0 Å². The molecule has 5 nitrogen and oxygen atoms in total. The van der Waals surface area contributed by atoms with E-state index < -0.39 is 11.5 Å². The lowest BCUT2D eigenvalue weighted by molar-refractivity contribution is -0.122. The third-order valence-corrected chi connectivity index (χ3v) is 6.36. The maximum absolute atomic E-state index is 13.6. The number of benzene rings is 2. The highest BCUT2D eigenvalue weighted by Gasteiger charge is 2.54. The molecule has 1 fully saturated rings. The lowest BCUT2D eigenvalue weighted by Crippen LogP contribution is -2.62. The Balaban J connectivity index is 1.80. The van der Waals surface area contributed by atoms with Gasteiger partial charge in [-0.15, -0.1) is 0 Å². The molecule has 0 unspecified atom stereocenters. The molecular weight excluding hydrogens is 364 g/mol. The summed E-state index contributed by atoms with van der Waals surface area (Å²) in [5.74, 6) is -0.419. The molecule has 1 saturated carbocycles. The molecule has 2 aromatic carbocycles. The van der Waals surface area contributed by atoms with Gasteiger partial charge in [-0.2, -0.15) is 0 Å². The minimum Gasteiger partial charge on any atom is -0.383 e. The molecule has 2 aromatic rings. The predicted molar refractivity (Wildman–Crippen MR) is 113 cm³/mol. The Labute approximate surface area is 172 Å². The van der Waals surface area contributed by atoms with Gasteiger partial charge in [-0.3, -0.25) is 9.59 Å². The summed E-state index contributed by atoms with van der Waals surface area (Å²) in [4.78, 5) is 29.0. The number of ether oxygens (including phenoxy) is 1. The van der Waals surface area contributed by atoms with E-state index >= 15 is 0 Å². The minimum atomic E-state index is -0.499. The molecule has 1 spiro atoms. The van der Waals surface area contributed by atoms with E-state index in [-0.39, 0.29) is 11.8 Å². The molecule has 0 radical (unpaired) electrons. The van der Waals surface area contributed by atoms with Gasteiger partial charge >= 0.3 is 0 Å². The lowest BCUT2D eigenvalue weighted by Gasteiger charge is -2.53. The number of nitrogens with zero attached hydrogens (tertiary/aromatic N) is 1. The highest BCUT2D eigenvalue weighted by molar-refractivity contribution is 6.05. The van der Waals surface area contributed by atoms with Gasteiger partial charge in [-0.05, 0) is 36.6 Å². The average molecular weight is 392 g/mol. The molecule has 0 saturated heterocycles. The Morgan fingerprint density at radius 3 is 2.48 bits per heavy atom. The normalized spacial score (nSPS) is 20.4. The molecule has 2 aliphatic rings. The van der Waals surface area contributed by atoms with Crippen molar-refractivity contribution in [2.75, 3.05) is 25.6 Å². The number of fused-ring (bicyclic) bond motifs is 1. The zero-order chi connectivity index (χ0) is 20.3. The fourth-order valence-corrected chi connectivity index (χ4v) is 5.09. The van der Waals surface area contributed by atoms with Crippen molar-refractivity contribution in [2.24, 2.45) is 0 Å². The first kappa shape index (κ1) is 19.6. The Kier molecular flexibility index (Phi) is 5.67. The van der Waals surface area contributed by atoms with E-state index in [2.05, 4.69) is 5.32 Å². The zero-order valence-electron chi connectivity index (χ0n) is 16.9. The van der Waals surface area contributed by atoms with Crippen LogP contribution in [0.2, 0.25) is 0 Å². The van der Waals surface area contributed by atoms with E-state index in [0.717, 1.165) is 43.4 Å². The van der Waals surface area contributed by atoms with Crippen molar-refractivity contribution in [1.82, 2.24) is 4.90 Å². The van der Waals surface area contributed by atoms with E-state index in [4.69, 9.17) is 4.74 Å². The van der Waals surface area contributed by atoms with Crippen molar-refractivity contribution in [3.05, 3.63) is 65.7 Å². The second kappa shape index (κ2) is 8.37. The number of carbonyl (C=O) groups is 2. The predicted octanol–water partition coefficient (Wildman–Crippen LogP) is 4.21. The van der Waals surface area contributed by atoms with Gasteiger partial charge in [0.25, 0.3) is 5.91 Å². The number of hydrogen-bond donors (Lipinski definition) is 1. The van der Waals surface area contributed by atoms with Crippen molar-refractivity contribution in [1.29, 1.82) is 0 Å². The van der Waals surface area contributed by atoms with Crippen LogP contribution in [0.5, 0.6) is 0 Å². The lowest BCUT2D eigenvalue weighted by atomic mass is 9.65.